The molecule has 110 valence electrons. The molecule has 0 spiro atoms. The number of hydrogen-bond donors (Lipinski definition) is 0. The number of fused-ring (bicyclic) bond motifs is 1. The quantitative estimate of drug-likeness (QED) is 0.729. The maximum Gasteiger partial charge on any atom is 0.131 e. The molecule has 1 unspecified atom stereocenters. The first-order valence-electron chi connectivity index (χ1n) is 7.20. The lowest BCUT2D eigenvalue weighted by atomic mass is 10.2. The molecule has 0 fully saturated rings. The number of aromatic nitrogens is 5. The minimum Gasteiger partial charge on any atom is -0.259 e. The van der Waals surface area contributed by atoms with E-state index in [0.717, 1.165) is 35.5 Å². The van der Waals surface area contributed by atoms with Crippen molar-refractivity contribution in [3.8, 4) is 11.4 Å². The first-order valence-corrected chi connectivity index (χ1v) is 7.58. The second-order valence-electron chi connectivity index (χ2n) is 5.51. The highest BCUT2D eigenvalue weighted by Gasteiger charge is 2.26. The minimum atomic E-state index is 0.157. The zero-order chi connectivity index (χ0) is 15.1. The molecule has 0 saturated carbocycles. The fourth-order valence-electron chi connectivity index (χ4n) is 2.99. The van der Waals surface area contributed by atoms with Crippen molar-refractivity contribution in [2.24, 2.45) is 0 Å². The van der Waals surface area contributed by atoms with Crippen LogP contribution in [0.1, 0.15) is 29.3 Å². The summed E-state index contributed by atoms with van der Waals surface area (Å²) < 4.78 is 1.89. The molecule has 4 rings (SSSR count). The molecule has 6 heteroatoms. The van der Waals surface area contributed by atoms with Crippen molar-refractivity contribution in [2.75, 3.05) is 0 Å². The van der Waals surface area contributed by atoms with Gasteiger partial charge in [-0.15, -0.1) is 5.10 Å². The number of halogens is 1. The summed E-state index contributed by atoms with van der Waals surface area (Å²) in [6.07, 6.45) is 7.44. The van der Waals surface area contributed by atoms with Crippen LogP contribution in [0.25, 0.3) is 11.4 Å². The fourth-order valence-corrected chi connectivity index (χ4v) is 3.21. The van der Waals surface area contributed by atoms with E-state index in [1.165, 1.54) is 5.56 Å². The van der Waals surface area contributed by atoms with Crippen LogP contribution in [0.2, 0.25) is 5.02 Å². The number of aryl methyl sites for hydroxylation is 2. The van der Waals surface area contributed by atoms with Gasteiger partial charge in [0.05, 0.1) is 28.6 Å². The van der Waals surface area contributed by atoms with Crippen LogP contribution in [0.5, 0.6) is 0 Å². The summed E-state index contributed by atoms with van der Waals surface area (Å²) in [5.41, 5.74) is 4.96. The van der Waals surface area contributed by atoms with Crippen LogP contribution >= 0.6 is 11.6 Å². The van der Waals surface area contributed by atoms with Crippen molar-refractivity contribution in [1.29, 1.82) is 0 Å². The van der Waals surface area contributed by atoms with Crippen LogP contribution in [-0.2, 0) is 6.42 Å². The van der Waals surface area contributed by atoms with Gasteiger partial charge in [-0.05, 0) is 43.0 Å². The van der Waals surface area contributed by atoms with Gasteiger partial charge in [-0.1, -0.05) is 22.9 Å². The van der Waals surface area contributed by atoms with Crippen LogP contribution in [0.3, 0.4) is 0 Å². The number of hydrogen-bond acceptors (Lipinski definition) is 4. The maximum absolute atomic E-state index is 5.96. The van der Waals surface area contributed by atoms with Gasteiger partial charge in [-0.2, -0.15) is 0 Å². The molecular weight excluding hydrogens is 298 g/mol. The van der Waals surface area contributed by atoms with Crippen LogP contribution in [-0.4, -0.2) is 25.0 Å². The third kappa shape index (κ3) is 2.18. The molecule has 3 heterocycles. The van der Waals surface area contributed by atoms with Crippen molar-refractivity contribution in [3.05, 3.63) is 58.6 Å². The summed E-state index contributed by atoms with van der Waals surface area (Å²) in [5, 5.41) is 9.19. The van der Waals surface area contributed by atoms with E-state index in [0.29, 0.717) is 5.02 Å². The Morgan fingerprint density at radius 2 is 2.23 bits per heavy atom. The highest BCUT2D eigenvalue weighted by Crippen LogP contribution is 2.32. The highest BCUT2D eigenvalue weighted by molar-refractivity contribution is 6.30. The standard InChI is InChI=1S/C16H14ClN5/c1-10-7-12(17)8-19-15(10)13-9-22(21-20-13)14-5-4-11-3-2-6-18-16(11)14/h2-3,6-9,14H,4-5H2,1H3. The first kappa shape index (κ1) is 13.4. The predicted octanol–water partition coefficient (Wildman–Crippen LogP) is 3.23. The van der Waals surface area contributed by atoms with Crippen molar-refractivity contribution in [3.63, 3.8) is 0 Å². The van der Waals surface area contributed by atoms with Gasteiger partial charge in [0.15, 0.2) is 0 Å². The highest BCUT2D eigenvalue weighted by atomic mass is 35.5. The Labute approximate surface area is 133 Å². The van der Waals surface area contributed by atoms with Gasteiger partial charge in [0.25, 0.3) is 0 Å². The molecule has 1 aliphatic carbocycles. The normalized spacial score (nSPS) is 16.7. The molecule has 1 atom stereocenters. The topological polar surface area (TPSA) is 56.5 Å². The molecule has 0 radical (unpaired) electrons. The Balaban J connectivity index is 1.71. The van der Waals surface area contributed by atoms with E-state index in [1.807, 2.05) is 36.1 Å². The van der Waals surface area contributed by atoms with Crippen molar-refractivity contribution in [2.45, 2.75) is 25.8 Å². The average molecular weight is 312 g/mol. The van der Waals surface area contributed by atoms with Crippen molar-refractivity contribution in [1.82, 2.24) is 25.0 Å². The number of pyridine rings is 2. The molecule has 0 N–H and O–H groups in total. The zero-order valence-electron chi connectivity index (χ0n) is 12.1. The molecule has 1 aliphatic rings. The summed E-state index contributed by atoms with van der Waals surface area (Å²) in [6.45, 7) is 1.97. The molecule has 0 bridgehead atoms. The van der Waals surface area contributed by atoms with E-state index in [2.05, 4.69) is 26.3 Å². The van der Waals surface area contributed by atoms with Crippen molar-refractivity contribution >= 4 is 11.6 Å². The van der Waals surface area contributed by atoms with Gasteiger partial charge in [-0.25, -0.2) is 4.68 Å². The van der Waals surface area contributed by atoms with Gasteiger partial charge in [0.2, 0.25) is 0 Å². The number of nitrogens with zero attached hydrogens (tertiary/aromatic N) is 5. The van der Waals surface area contributed by atoms with E-state index < -0.39 is 0 Å². The molecule has 0 aromatic carbocycles. The Morgan fingerprint density at radius 3 is 3.09 bits per heavy atom. The average Bonchev–Trinajstić information content (AvgIpc) is 3.13. The molecule has 22 heavy (non-hydrogen) atoms. The molecule has 5 nitrogen and oxygen atoms in total. The fraction of sp³-hybridized carbons (Fsp3) is 0.250. The Hall–Kier alpha value is -2.27. The summed E-state index contributed by atoms with van der Waals surface area (Å²) in [7, 11) is 0. The van der Waals surface area contributed by atoms with Crippen LogP contribution in [0, 0.1) is 6.92 Å². The predicted molar refractivity (Wildman–Crippen MR) is 83.7 cm³/mol. The van der Waals surface area contributed by atoms with Gasteiger partial charge in [0.1, 0.15) is 5.69 Å². The van der Waals surface area contributed by atoms with Crippen LogP contribution in [0.15, 0.2) is 36.8 Å². The second kappa shape index (κ2) is 5.18. The van der Waals surface area contributed by atoms with E-state index >= 15 is 0 Å². The first-order chi connectivity index (χ1) is 10.7. The molecule has 3 aromatic rings. The lowest BCUT2D eigenvalue weighted by Crippen LogP contribution is -2.09. The molecular formula is C16H14ClN5. The lowest BCUT2D eigenvalue weighted by molar-refractivity contribution is 0.495. The van der Waals surface area contributed by atoms with Gasteiger partial charge in [-0.3, -0.25) is 9.97 Å². The molecule has 0 amide bonds. The van der Waals surface area contributed by atoms with E-state index in [1.54, 1.807) is 6.20 Å². The smallest absolute Gasteiger partial charge is 0.131 e. The largest absolute Gasteiger partial charge is 0.259 e. The molecule has 0 saturated heterocycles. The van der Waals surface area contributed by atoms with Gasteiger partial charge >= 0.3 is 0 Å². The molecule has 0 aliphatic heterocycles. The zero-order valence-corrected chi connectivity index (χ0v) is 12.8. The van der Waals surface area contributed by atoms with Gasteiger partial charge < -0.3 is 0 Å². The minimum absolute atomic E-state index is 0.157. The Bertz CT molecular complexity index is 842. The maximum atomic E-state index is 5.96. The van der Waals surface area contributed by atoms with Crippen molar-refractivity contribution < 1.29 is 0 Å². The van der Waals surface area contributed by atoms with Crippen LogP contribution < -0.4 is 0 Å². The summed E-state index contributed by atoms with van der Waals surface area (Å²) in [6, 6.07) is 6.15. The monoisotopic (exact) mass is 311 g/mol. The van der Waals surface area contributed by atoms with E-state index in [-0.39, 0.29) is 6.04 Å². The lowest BCUT2D eigenvalue weighted by Gasteiger charge is -2.09. The van der Waals surface area contributed by atoms with E-state index in [4.69, 9.17) is 11.6 Å². The number of rotatable bonds is 2. The Kier molecular flexibility index (Phi) is 3.15. The summed E-state index contributed by atoms with van der Waals surface area (Å²) >= 11 is 5.96. The van der Waals surface area contributed by atoms with E-state index in [9.17, 15) is 0 Å². The summed E-state index contributed by atoms with van der Waals surface area (Å²) in [5.74, 6) is 0. The SMILES string of the molecule is Cc1cc(Cl)cnc1-c1cn(C2CCc3cccnc32)nn1. The van der Waals surface area contributed by atoms with Gasteiger partial charge in [0, 0.05) is 12.4 Å². The third-order valence-corrected chi connectivity index (χ3v) is 4.25. The summed E-state index contributed by atoms with van der Waals surface area (Å²) in [4.78, 5) is 8.88. The third-order valence-electron chi connectivity index (χ3n) is 4.05. The molecule has 3 aromatic heterocycles. The second-order valence-corrected chi connectivity index (χ2v) is 5.94. The Morgan fingerprint density at radius 1 is 1.32 bits per heavy atom. The van der Waals surface area contributed by atoms with Crippen LogP contribution in [0.4, 0.5) is 0 Å².